The summed E-state index contributed by atoms with van der Waals surface area (Å²) >= 11 is 5.80. The van der Waals surface area contributed by atoms with Crippen molar-refractivity contribution in [3.63, 3.8) is 0 Å². The Morgan fingerprint density at radius 2 is 2.25 bits per heavy atom. The monoisotopic (exact) mass is 244 g/mol. The number of nitrogens with one attached hydrogen (secondary N) is 2. The highest BCUT2D eigenvalue weighted by Crippen LogP contribution is 2.21. The summed E-state index contributed by atoms with van der Waals surface area (Å²) in [5.74, 6) is -0.665. The third-order valence-electron chi connectivity index (χ3n) is 1.91. The van der Waals surface area contributed by atoms with Gasteiger partial charge in [-0.1, -0.05) is 18.5 Å². The number of carbonyl (C=O) groups excluding carboxylic acids is 1. The quantitative estimate of drug-likeness (QED) is 0.781. The highest BCUT2D eigenvalue weighted by Gasteiger charge is 2.06. The van der Waals surface area contributed by atoms with E-state index in [9.17, 15) is 9.18 Å². The molecule has 0 aliphatic heterocycles. The standard InChI is InChI=1S/C11H14ClFN2O/c1-2-5-14-7-11(16)15-10-6-8(13)3-4-9(10)12/h3-4,6,14H,2,5,7H2,1H3,(H,15,16). The van der Waals surface area contributed by atoms with E-state index in [0.717, 1.165) is 13.0 Å². The molecule has 0 aliphatic rings. The number of benzene rings is 1. The first kappa shape index (κ1) is 12.9. The number of anilines is 1. The first-order chi connectivity index (χ1) is 7.63. The number of rotatable bonds is 5. The van der Waals surface area contributed by atoms with E-state index in [-0.39, 0.29) is 12.5 Å². The molecule has 3 nitrogen and oxygen atoms in total. The third kappa shape index (κ3) is 4.16. The average molecular weight is 245 g/mol. The number of hydrogen-bond donors (Lipinski definition) is 2. The number of carbonyl (C=O) groups is 1. The van der Waals surface area contributed by atoms with Crippen LogP contribution < -0.4 is 10.6 Å². The van der Waals surface area contributed by atoms with Crippen LogP contribution >= 0.6 is 11.6 Å². The van der Waals surface area contributed by atoms with E-state index in [2.05, 4.69) is 10.6 Å². The van der Waals surface area contributed by atoms with Crippen LogP contribution in [-0.4, -0.2) is 19.0 Å². The number of halogens is 2. The zero-order valence-electron chi connectivity index (χ0n) is 9.02. The van der Waals surface area contributed by atoms with Crippen molar-refractivity contribution in [1.29, 1.82) is 0 Å². The van der Waals surface area contributed by atoms with Crippen molar-refractivity contribution < 1.29 is 9.18 Å². The van der Waals surface area contributed by atoms with Gasteiger partial charge in [0.25, 0.3) is 0 Å². The summed E-state index contributed by atoms with van der Waals surface area (Å²) in [5.41, 5.74) is 0.296. The second-order valence-corrected chi connectivity index (χ2v) is 3.76. The molecule has 0 fully saturated rings. The van der Waals surface area contributed by atoms with E-state index < -0.39 is 5.82 Å². The highest BCUT2D eigenvalue weighted by atomic mass is 35.5. The van der Waals surface area contributed by atoms with Gasteiger partial charge in [0.1, 0.15) is 5.82 Å². The normalized spacial score (nSPS) is 10.2. The molecule has 0 heterocycles. The Labute approximate surface area is 99.0 Å². The Kier molecular flexibility index (Phi) is 5.22. The lowest BCUT2D eigenvalue weighted by molar-refractivity contribution is -0.115. The summed E-state index contributed by atoms with van der Waals surface area (Å²) < 4.78 is 12.9. The van der Waals surface area contributed by atoms with Gasteiger partial charge < -0.3 is 10.6 Å². The highest BCUT2D eigenvalue weighted by molar-refractivity contribution is 6.33. The lowest BCUT2D eigenvalue weighted by atomic mass is 10.3. The fourth-order valence-corrected chi connectivity index (χ4v) is 1.33. The summed E-state index contributed by atoms with van der Waals surface area (Å²) in [7, 11) is 0. The molecule has 0 atom stereocenters. The van der Waals surface area contributed by atoms with Crippen LogP contribution in [0.2, 0.25) is 5.02 Å². The zero-order chi connectivity index (χ0) is 12.0. The van der Waals surface area contributed by atoms with Gasteiger partial charge in [-0.2, -0.15) is 0 Å². The molecule has 1 amide bonds. The van der Waals surface area contributed by atoms with Crippen LogP contribution in [0.1, 0.15) is 13.3 Å². The van der Waals surface area contributed by atoms with Gasteiger partial charge in [0.05, 0.1) is 17.3 Å². The van der Waals surface area contributed by atoms with E-state index in [0.29, 0.717) is 10.7 Å². The van der Waals surface area contributed by atoms with E-state index >= 15 is 0 Å². The topological polar surface area (TPSA) is 41.1 Å². The Hall–Kier alpha value is -1.13. The van der Waals surface area contributed by atoms with E-state index in [4.69, 9.17) is 11.6 Å². The fourth-order valence-electron chi connectivity index (χ4n) is 1.17. The lowest BCUT2D eigenvalue weighted by Crippen LogP contribution is -2.28. The van der Waals surface area contributed by atoms with Gasteiger partial charge in [-0.25, -0.2) is 4.39 Å². The molecule has 0 radical (unpaired) electrons. The second kappa shape index (κ2) is 6.45. The second-order valence-electron chi connectivity index (χ2n) is 3.35. The maximum absolute atomic E-state index is 12.9. The van der Waals surface area contributed by atoms with Crippen LogP contribution in [0.5, 0.6) is 0 Å². The minimum Gasteiger partial charge on any atom is -0.324 e. The molecule has 0 saturated heterocycles. The Balaban J connectivity index is 2.52. The molecule has 5 heteroatoms. The molecule has 88 valence electrons. The summed E-state index contributed by atoms with van der Waals surface area (Å²) in [6.45, 7) is 2.97. The first-order valence-corrected chi connectivity index (χ1v) is 5.47. The smallest absolute Gasteiger partial charge is 0.238 e. The van der Waals surface area contributed by atoms with Crippen LogP contribution in [0.15, 0.2) is 18.2 Å². The van der Waals surface area contributed by atoms with Crippen molar-refractivity contribution in [2.24, 2.45) is 0 Å². The maximum atomic E-state index is 12.9. The Morgan fingerprint density at radius 1 is 1.50 bits per heavy atom. The summed E-state index contributed by atoms with van der Waals surface area (Å²) in [4.78, 5) is 11.4. The molecule has 0 unspecified atom stereocenters. The lowest BCUT2D eigenvalue weighted by Gasteiger charge is -2.07. The van der Waals surface area contributed by atoms with E-state index in [1.165, 1.54) is 18.2 Å². The molecule has 1 aromatic rings. The van der Waals surface area contributed by atoms with Gasteiger partial charge in [-0.05, 0) is 31.2 Å². The largest absolute Gasteiger partial charge is 0.324 e. The van der Waals surface area contributed by atoms with Gasteiger partial charge in [-0.3, -0.25) is 4.79 Å². The molecule has 0 saturated carbocycles. The molecule has 1 rings (SSSR count). The molecular weight excluding hydrogens is 231 g/mol. The van der Waals surface area contributed by atoms with Crippen molar-refractivity contribution in [2.75, 3.05) is 18.4 Å². The minimum absolute atomic E-state index is 0.195. The molecule has 16 heavy (non-hydrogen) atoms. The number of hydrogen-bond acceptors (Lipinski definition) is 2. The molecule has 2 N–H and O–H groups in total. The minimum atomic E-state index is -0.429. The molecule has 0 bridgehead atoms. The molecule has 0 aromatic heterocycles. The van der Waals surface area contributed by atoms with Crippen LogP contribution in [-0.2, 0) is 4.79 Å². The van der Waals surface area contributed by atoms with E-state index in [1.54, 1.807) is 0 Å². The van der Waals surface area contributed by atoms with Crippen molar-refractivity contribution in [3.05, 3.63) is 29.0 Å². The van der Waals surface area contributed by atoms with Crippen molar-refractivity contribution >= 4 is 23.2 Å². The molecule has 0 aliphatic carbocycles. The predicted molar refractivity (Wildman–Crippen MR) is 63.2 cm³/mol. The SMILES string of the molecule is CCCNCC(=O)Nc1cc(F)ccc1Cl. The van der Waals surface area contributed by atoms with Crippen molar-refractivity contribution in [1.82, 2.24) is 5.32 Å². The van der Waals surface area contributed by atoms with E-state index in [1.807, 2.05) is 6.92 Å². The summed E-state index contributed by atoms with van der Waals surface area (Å²) in [6, 6.07) is 3.85. The molecule has 1 aromatic carbocycles. The average Bonchev–Trinajstić information content (AvgIpc) is 2.24. The first-order valence-electron chi connectivity index (χ1n) is 5.09. The van der Waals surface area contributed by atoms with Gasteiger partial charge in [0, 0.05) is 0 Å². The maximum Gasteiger partial charge on any atom is 0.238 e. The fraction of sp³-hybridized carbons (Fsp3) is 0.364. The molecular formula is C11H14ClFN2O. The van der Waals surface area contributed by atoms with Gasteiger partial charge in [0.2, 0.25) is 5.91 Å². The van der Waals surface area contributed by atoms with Gasteiger partial charge in [0.15, 0.2) is 0 Å². The third-order valence-corrected chi connectivity index (χ3v) is 2.24. The Bertz CT molecular complexity index is 371. The summed E-state index contributed by atoms with van der Waals surface area (Å²) in [6.07, 6.45) is 0.952. The number of amides is 1. The Morgan fingerprint density at radius 3 is 2.94 bits per heavy atom. The van der Waals surface area contributed by atoms with Crippen LogP contribution in [0.25, 0.3) is 0 Å². The van der Waals surface area contributed by atoms with Gasteiger partial charge >= 0.3 is 0 Å². The predicted octanol–water partition coefficient (Wildman–Crippen LogP) is 2.42. The van der Waals surface area contributed by atoms with Crippen LogP contribution in [0, 0.1) is 5.82 Å². The summed E-state index contributed by atoms with van der Waals surface area (Å²) in [5, 5.41) is 5.80. The zero-order valence-corrected chi connectivity index (χ0v) is 9.77. The van der Waals surface area contributed by atoms with Crippen molar-refractivity contribution in [2.45, 2.75) is 13.3 Å². The van der Waals surface area contributed by atoms with Crippen LogP contribution in [0.3, 0.4) is 0 Å². The molecule has 0 spiro atoms. The van der Waals surface area contributed by atoms with Gasteiger partial charge in [-0.15, -0.1) is 0 Å². The van der Waals surface area contributed by atoms with Crippen LogP contribution in [0.4, 0.5) is 10.1 Å². The van der Waals surface area contributed by atoms with Crippen molar-refractivity contribution in [3.8, 4) is 0 Å².